The van der Waals surface area contributed by atoms with E-state index in [-0.39, 0.29) is 17.4 Å². The zero-order chi connectivity index (χ0) is 13.0. The highest BCUT2D eigenvalue weighted by Gasteiger charge is 2.32. The van der Waals surface area contributed by atoms with Crippen molar-refractivity contribution in [3.8, 4) is 0 Å². The van der Waals surface area contributed by atoms with Crippen LogP contribution >= 0.6 is 11.8 Å². The third-order valence-corrected chi connectivity index (χ3v) is 3.57. The SMILES string of the molecule is O=C(O)CSCC(=O)N(Cc1ccco1)C1CC1. The van der Waals surface area contributed by atoms with E-state index in [1.807, 2.05) is 6.07 Å². The molecule has 1 saturated carbocycles. The van der Waals surface area contributed by atoms with Crippen LogP contribution in [0.3, 0.4) is 0 Å². The molecule has 98 valence electrons. The highest BCUT2D eigenvalue weighted by molar-refractivity contribution is 8.00. The number of nitrogens with zero attached hydrogens (tertiary/aromatic N) is 1. The molecule has 18 heavy (non-hydrogen) atoms. The van der Waals surface area contributed by atoms with Crippen LogP contribution in [0.5, 0.6) is 0 Å². The van der Waals surface area contributed by atoms with Crippen molar-refractivity contribution >= 4 is 23.6 Å². The number of amides is 1. The van der Waals surface area contributed by atoms with Crippen LogP contribution in [0.2, 0.25) is 0 Å². The van der Waals surface area contributed by atoms with E-state index in [0.29, 0.717) is 12.6 Å². The molecule has 1 aromatic heterocycles. The molecule has 5 nitrogen and oxygen atoms in total. The van der Waals surface area contributed by atoms with E-state index >= 15 is 0 Å². The molecule has 0 atom stereocenters. The standard InChI is InChI=1S/C12H15NO4S/c14-11(7-18-8-12(15)16)13(9-3-4-9)6-10-2-1-5-17-10/h1-2,5,9H,3-4,6-8H2,(H,15,16). The van der Waals surface area contributed by atoms with Gasteiger partial charge in [0.05, 0.1) is 24.3 Å². The first-order valence-corrected chi connectivity index (χ1v) is 6.93. The maximum absolute atomic E-state index is 12.0. The Bertz CT molecular complexity index is 414. The minimum Gasteiger partial charge on any atom is -0.481 e. The number of carboxylic acids is 1. The zero-order valence-electron chi connectivity index (χ0n) is 9.87. The van der Waals surface area contributed by atoms with Gasteiger partial charge >= 0.3 is 5.97 Å². The van der Waals surface area contributed by atoms with Gasteiger partial charge in [0.1, 0.15) is 5.76 Å². The highest BCUT2D eigenvalue weighted by Crippen LogP contribution is 2.29. The predicted octanol–water partition coefficient (Wildman–Crippen LogP) is 1.59. The van der Waals surface area contributed by atoms with E-state index in [2.05, 4.69) is 0 Å². The van der Waals surface area contributed by atoms with Crippen molar-refractivity contribution in [2.75, 3.05) is 11.5 Å². The average Bonchev–Trinajstić information content (AvgIpc) is 3.02. The van der Waals surface area contributed by atoms with E-state index < -0.39 is 5.97 Å². The van der Waals surface area contributed by atoms with Gasteiger partial charge in [0.25, 0.3) is 0 Å². The Morgan fingerprint density at radius 3 is 2.78 bits per heavy atom. The number of hydrogen-bond acceptors (Lipinski definition) is 4. The Morgan fingerprint density at radius 1 is 1.44 bits per heavy atom. The van der Waals surface area contributed by atoms with Crippen LogP contribution in [0, 0.1) is 0 Å². The second-order valence-electron chi connectivity index (χ2n) is 4.22. The smallest absolute Gasteiger partial charge is 0.313 e. The lowest BCUT2D eigenvalue weighted by Crippen LogP contribution is -2.34. The fourth-order valence-electron chi connectivity index (χ4n) is 1.69. The molecule has 1 amide bonds. The third kappa shape index (κ3) is 3.80. The van der Waals surface area contributed by atoms with Crippen molar-refractivity contribution in [2.24, 2.45) is 0 Å². The van der Waals surface area contributed by atoms with E-state index in [1.165, 1.54) is 0 Å². The molecule has 0 spiro atoms. The second kappa shape index (κ2) is 5.95. The van der Waals surface area contributed by atoms with Gasteiger partial charge in [0, 0.05) is 6.04 Å². The number of carbonyl (C=O) groups is 2. The largest absolute Gasteiger partial charge is 0.481 e. The molecule has 0 aliphatic heterocycles. The zero-order valence-corrected chi connectivity index (χ0v) is 10.7. The fourth-order valence-corrected chi connectivity index (χ4v) is 2.30. The molecule has 1 aliphatic carbocycles. The maximum atomic E-state index is 12.0. The first kappa shape index (κ1) is 13.0. The van der Waals surface area contributed by atoms with E-state index in [1.54, 1.807) is 17.2 Å². The second-order valence-corrected chi connectivity index (χ2v) is 5.20. The summed E-state index contributed by atoms with van der Waals surface area (Å²) in [6.45, 7) is 0.476. The van der Waals surface area contributed by atoms with Gasteiger partial charge in [-0.25, -0.2) is 0 Å². The van der Waals surface area contributed by atoms with Gasteiger partial charge < -0.3 is 14.4 Å². The quantitative estimate of drug-likeness (QED) is 0.814. The van der Waals surface area contributed by atoms with Crippen molar-refractivity contribution in [2.45, 2.75) is 25.4 Å². The molecular formula is C12H15NO4S. The molecule has 0 radical (unpaired) electrons. The van der Waals surface area contributed by atoms with Gasteiger partial charge in [-0.3, -0.25) is 9.59 Å². The number of hydrogen-bond donors (Lipinski definition) is 1. The first-order valence-electron chi connectivity index (χ1n) is 5.78. The van der Waals surface area contributed by atoms with E-state index in [4.69, 9.17) is 9.52 Å². The molecule has 0 saturated heterocycles. The summed E-state index contributed by atoms with van der Waals surface area (Å²) in [5, 5.41) is 8.53. The summed E-state index contributed by atoms with van der Waals surface area (Å²) < 4.78 is 5.24. The van der Waals surface area contributed by atoms with Gasteiger partial charge in [-0.15, -0.1) is 11.8 Å². The molecular weight excluding hydrogens is 254 g/mol. The fraction of sp³-hybridized carbons (Fsp3) is 0.500. The lowest BCUT2D eigenvalue weighted by Gasteiger charge is -2.20. The normalized spacial score (nSPS) is 14.4. The van der Waals surface area contributed by atoms with Crippen LogP contribution < -0.4 is 0 Å². The summed E-state index contributed by atoms with van der Waals surface area (Å²) >= 11 is 1.13. The molecule has 1 fully saturated rings. The molecule has 0 unspecified atom stereocenters. The summed E-state index contributed by atoms with van der Waals surface area (Å²) in [7, 11) is 0. The Morgan fingerprint density at radius 2 is 2.22 bits per heavy atom. The van der Waals surface area contributed by atoms with E-state index in [0.717, 1.165) is 30.4 Å². The van der Waals surface area contributed by atoms with Gasteiger partial charge in [0.2, 0.25) is 5.91 Å². The van der Waals surface area contributed by atoms with Crippen molar-refractivity contribution in [1.82, 2.24) is 4.90 Å². The number of furan rings is 1. The maximum Gasteiger partial charge on any atom is 0.313 e. The lowest BCUT2D eigenvalue weighted by molar-refractivity contribution is -0.133. The molecule has 1 N–H and O–H groups in total. The first-order chi connectivity index (χ1) is 8.66. The van der Waals surface area contributed by atoms with E-state index in [9.17, 15) is 9.59 Å². The van der Waals surface area contributed by atoms with Crippen LogP contribution in [0.4, 0.5) is 0 Å². The predicted molar refractivity (Wildman–Crippen MR) is 67.2 cm³/mol. The Labute approximate surface area is 109 Å². The molecule has 1 aliphatic rings. The molecule has 6 heteroatoms. The van der Waals surface area contributed by atoms with Crippen LogP contribution in [0.25, 0.3) is 0 Å². The van der Waals surface area contributed by atoms with Crippen molar-refractivity contribution in [3.63, 3.8) is 0 Å². The molecule has 2 rings (SSSR count). The molecule has 0 bridgehead atoms. The minimum absolute atomic E-state index is 0.0137. The Hall–Kier alpha value is -1.43. The topological polar surface area (TPSA) is 70.8 Å². The minimum atomic E-state index is -0.892. The molecule has 1 aromatic rings. The van der Waals surface area contributed by atoms with Crippen LogP contribution in [-0.2, 0) is 16.1 Å². The van der Waals surface area contributed by atoms with Crippen LogP contribution in [0.1, 0.15) is 18.6 Å². The summed E-state index contributed by atoms with van der Waals surface area (Å²) in [6, 6.07) is 3.94. The number of carbonyl (C=O) groups excluding carboxylic acids is 1. The third-order valence-electron chi connectivity index (χ3n) is 2.67. The van der Waals surface area contributed by atoms with Crippen molar-refractivity contribution in [3.05, 3.63) is 24.2 Å². The van der Waals surface area contributed by atoms with Crippen molar-refractivity contribution < 1.29 is 19.1 Å². The van der Waals surface area contributed by atoms with Gasteiger partial charge in [-0.2, -0.15) is 0 Å². The average molecular weight is 269 g/mol. The summed E-state index contributed by atoms with van der Waals surface area (Å²) in [5.41, 5.74) is 0. The summed E-state index contributed by atoms with van der Waals surface area (Å²) in [4.78, 5) is 24.2. The van der Waals surface area contributed by atoms with Gasteiger partial charge in [-0.1, -0.05) is 0 Å². The molecule has 1 heterocycles. The Balaban J connectivity index is 1.85. The monoisotopic (exact) mass is 269 g/mol. The summed E-state index contributed by atoms with van der Waals surface area (Å²) in [6.07, 6.45) is 3.64. The van der Waals surface area contributed by atoms with Crippen LogP contribution in [-0.4, -0.2) is 39.4 Å². The Kier molecular flexibility index (Phi) is 4.30. The van der Waals surface area contributed by atoms with Crippen LogP contribution in [0.15, 0.2) is 22.8 Å². The number of carboxylic acid groups (broad SMARTS) is 1. The summed E-state index contributed by atoms with van der Waals surface area (Å²) in [5.74, 6) is 0.0320. The number of thioether (sulfide) groups is 1. The number of rotatable bonds is 7. The van der Waals surface area contributed by atoms with Crippen molar-refractivity contribution in [1.29, 1.82) is 0 Å². The van der Waals surface area contributed by atoms with Gasteiger partial charge in [0.15, 0.2) is 0 Å². The highest BCUT2D eigenvalue weighted by atomic mass is 32.2. The molecule has 0 aromatic carbocycles. The number of aliphatic carboxylic acids is 1. The van der Waals surface area contributed by atoms with Gasteiger partial charge in [-0.05, 0) is 25.0 Å². The lowest BCUT2D eigenvalue weighted by atomic mass is 10.3.